The van der Waals surface area contributed by atoms with Gasteiger partial charge in [0.15, 0.2) is 0 Å². The maximum absolute atomic E-state index is 12.6. The molecule has 0 aliphatic heterocycles. The molecular formula is C22H24N2O2. The summed E-state index contributed by atoms with van der Waals surface area (Å²) in [6, 6.07) is 18.4. The number of nitrogens with zero attached hydrogens (tertiary/aromatic N) is 1. The van der Waals surface area contributed by atoms with Gasteiger partial charge in [-0.25, -0.2) is 0 Å². The van der Waals surface area contributed by atoms with Gasteiger partial charge in [-0.3, -0.25) is 4.79 Å². The van der Waals surface area contributed by atoms with E-state index in [0.717, 1.165) is 42.6 Å². The smallest absolute Gasteiger partial charge is 0.224 e. The third-order valence-corrected chi connectivity index (χ3v) is 5.19. The summed E-state index contributed by atoms with van der Waals surface area (Å²) in [4.78, 5) is 12.6. The summed E-state index contributed by atoms with van der Waals surface area (Å²) in [5.74, 6) is 0.912. The predicted molar refractivity (Wildman–Crippen MR) is 102 cm³/mol. The molecule has 0 aromatic heterocycles. The fraction of sp³-hybridized carbons (Fsp3) is 0.364. The topological polar surface area (TPSA) is 62.1 Å². The zero-order valence-electron chi connectivity index (χ0n) is 15.1. The van der Waals surface area contributed by atoms with E-state index in [2.05, 4.69) is 23.5 Å². The van der Waals surface area contributed by atoms with E-state index >= 15 is 0 Å². The lowest BCUT2D eigenvalue weighted by Gasteiger charge is -2.32. The zero-order chi connectivity index (χ0) is 18.4. The standard InChI is InChI=1S/C22H24N2O2/c1-26-17-8-6-7-16(15-17)18-9-2-3-10-19(18)20-11-4-5-12-21(20)22(25)24-14-13-23/h2-3,6-10,15,20-21H,4-5,11-12,14H2,1H3,(H,24,25)/t20?,21-/m1/s1. The molecule has 134 valence electrons. The van der Waals surface area contributed by atoms with Crippen LogP contribution < -0.4 is 10.1 Å². The molecule has 4 nitrogen and oxygen atoms in total. The summed E-state index contributed by atoms with van der Waals surface area (Å²) in [5.41, 5.74) is 3.45. The first-order valence-electron chi connectivity index (χ1n) is 9.12. The van der Waals surface area contributed by atoms with Crippen molar-refractivity contribution in [1.82, 2.24) is 5.32 Å². The largest absolute Gasteiger partial charge is 0.497 e. The number of nitriles is 1. The summed E-state index contributed by atoms with van der Waals surface area (Å²) in [6.07, 6.45) is 4.04. The van der Waals surface area contributed by atoms with Crippen LogP contribution in [0.2, 0.25) is 0 Å². The van der Waals surface area contributed by atoms with E-state index < -0.39 is 0 Å². The third-order valence-electron chi connectivity index (χ3n) is 5.19. The van der Waals surface area contributed by atoms with Crippen LogP contribution >= 0.6 is 0 Å². The van der Waals surface area contributed by atoms with E-state index in [1.165, 1.54) is 5.56 Å². The van der Waals surface area contributed by atoms with Crippen molar-refractivity contribution in [2.24, 2.45) is 5.92 Å². The second kappa shape index (κ2) is 8.53. The Hall–Kier alpha value is -2.80. The van der Waals surface area contributed by atoms with E-state index in [4.69, 9.17) is 10.00 Å². The molecule has 4 heteroatoms. The highest BCUT2D eigenvalue weighted by molar-refractivity contribution is 5.81. The van der Waals surface area contributed by atoms with E-state index in [1.54, 1.807) is 7.11 Å². The molecule has 1 fully saturated rings. The van der Waals surface area contributed by atoms with Gasteiger partial charge in [0.2, 0.25) is 5.91 Å². The molecule has 2 aromatic rings. The lowest BCUT2D eigenvalue weighted by molar-refractivity contribution is -0.126. The summed E-state index contributed by atoms with van der Waals surface area (Å²) in [6.45, 7) is 0.0690. The van der Waals surface area contributed by atoms with Crippen molar-refractivity contribution in [3.8, 4) is 22.9 Å². The Morgan fingerprint density at radius 1 is 1.19 bits per heavy atom. The van der Waals surface area contributed by atoms with Crippen LogP contribution in [0, 0.1) is 17.2 Å². The summed E-state index contributed by atoms with van der Waals surface area (Å²) in [7, 11) is 1.67. The molecule has 1 N–H and O–H groups in total. The monoisotopic (exact) mass is 348 g/mol. The van der Waals surface area contributed by atoms with Gasteiger partial charge in [0, 0.05) is 5.92 Å². The minimum atomic E-state index is -0.0798. The first-order chi connectivity index (χ1) is 12.7. The number of hydrogen-bond donors (Lipinski definition) is 1. The molecule has 26 heavy (non-hydrogen) atoms. The summed E-state index contributed by atoms with van der Waals surface area (Å²) >= 11 is 0. The van der Waals surface area contributed by atoms with Crippen molar-refractivity contribution in [3.05, 3.63) is 54.1 Å². The fourth-order valence-electron chi connectivity index (χ4n) is 3.95. The predicted octanol–water partition coefficient (Wildman–Crippen LogP) is 4.28. The van der Waals surface area contributed by atoms with E-state index in [-0.39, 0.29) is 24.3 Å². The number of carbonyl (C=O) groups excluding carboxylic acids is 1. The molecule has 0 bridgehead atoms. The molecule has 1 amide bonds. The molecule has 2 atom stereocenters. The van der Waals surface area contributed by atoms with Gasteiger partial charge in [-0.1, -0.05) is 49.2 Å². The van der Waals surface area contributed by atoms with Crippen LogP contribution in [0.15, 0.2) is 48.5 Å². The van der Waals surface area contributed by atoms with Crippen molar-refractivity contribution in [3.63, 3.8) is 0 Å². The van der Waals surface area contributed by atoms with Gasteiger partial charge in [0.1, 0.15) is 12.3 Å². The number of benzene rings is 2. The minimum Gasteiger partial charge on any atom is -0.497 e. The second-order valence-electron chi connectivity index (χ2n) is 6.69. The Kier molecular flexibility index (Phi) is 5.91. The van der Waals surface area contributed by atoms with Crippen LogP contribution in [-0.2, 0) is 4.79 Å². The zero-order valence-corrected chi connectivity index (χ0v) is 15.1. The first-order valence-corrected chi connectivity index (χ1v) is 9.12. The molecule has 1 saturated carbocycles. The third kappa shape index (κ3) is 3.88. The number of rotatable bonds is 5. The number of ether oxygens (including phenoxy) is 1. The molecule has 0 radical (unpaired) electrons. The maximum atomic E-state index is 12.6. The molecule has 1 unspecified atom stereocenters. The minimum absolute atomic E-state index is 0.00306. The van der Waals surface area contributed by atoms with E-state index in [0.29, 0.717) is 0 Å². The normalized spacial score (nSPS) is 19.4. The molecule has 3 rings (SSSR count). The van der Waals surface area contributed by atoms with Crippen molar-refractivity contribution >= 4 is 5.91 Å². The van der Waals surface area contributed by atoms with Gasteiger partial charge in [-0.2, -0.15) is 5.26 Å². The average molecular weight is 348 g/mol. The number of methoxy groups -OCH3 is 1. The SMILES string of the molecule is COc1cccc(-c2ccccc2C2CCCC[C@H]2C(=O)NCC#N)c1. The lowest BCUT2D eigenvalue weighted by atomic mass is 9.73. The highest BCUT2D eigenvalue weighted by atomic mass is 16.5. The van der Waals surface area contributed by atoms with Crippen LogP contribution in [0.1, 0.15) is 37.2 Å². The number of hydrogen-bond acceptors (Lipinski definition) is 3. The Balaban J connectivity index is 1.97. The highest BCUT2D eigenvalue weighted by Gasteiger charge is 2.33. The van der Waals surface area contributed by atoms with Gasteiger partial charge in [-0.15, -0.1) is 0 Å². The highest BCUT2D eigenvalue weighted by Crippen LogP contribution is 2.42. The van der Waals surface area contributed by atoms with Gasteiger partial charge < -0.3 is 10.1 Å². The van der Waals surface area contributed by atoms with Crippen LogP contribution in [0.25, 0.3) is 11.1 Å². The molecule has 1 aliphatic carbocycles. The molecule has 0 spiro atoms. The van der Waals surface area contributed by atoms with Gasteiger partial charge in [-0.05, 0) is 47.6 Å². The molecular weight excluding hydrogens is 324 g/mol. The fourth-order valence-corrected chi connectivity index (χ4v) is 3.95. The van der Waals surface area contributed by atoms with Crippen molar-refractivity contribution < 1.29 is 9.53 Å². The Morgan fingerprint density at radius 2 is 2.00 bits per heavy atom. The Morgan fingerprint density at radius 3 is 2.81 bits per heavy atom. The average Bonchev–Trinajstić information content (AvgIpc) is 2.72. The lowest BCUT2D eigenvalue weighted by Crippen LogP contribution is -2.36. The van der Waals surface area contributed by atoms with Gasteiger partial charge in [0.25, 0.3) is 0 Å². The molecule has 0 heterocycles. The number of carbonyl (C=O) groups is 1. The Labute approximate surface area is 154 Å². The molecule has 0 saturated heterocycles. The summed E-state index contributed by atoms with van der Waals surface area (Å²) < 4.78 is 5.37. The van der Waals surface area contributed by atoms with Crippen LogP contribution in [0.4, 0.5) is 0 Å². The quantitative estimate of drug-likeness (QED) is 0.821. The Bertz CT molecular complexity index is 810. The van der Waals surface area contributed by atoms with E-state index in [9.17, 15) is 4.79 Å². The van der Waals surface area contributed by atoms with Crippen LogP contribution in [-0.4, -0.2) is 19.6 Å². The van der Waals surface area contributed by atoms with Gasteiger partial charge in [0.05, 0.1) is 13.2 Å². The summed E-state index contributed by atoms with van der Waals surface area (Å²) in [5, 5.41) is 11.5. The molecule has 1 aliphatic rings. The van der Waals surface area contributed by atoms with Gasteiger partial charge >= 0.3 is 0 Å². The van der Waals surface area contributed by atoms with E-state index in [1.807, 2.05) is 36.4 Å². The van der Waals surface area contributed by atoms with Crippen molar-refractivity contribution in [1.29, 1.82) is 5.26 Å². The number of nitrogens with one attached hydrogen (secondary N) is 1. The van der Waals surface area contributed by atoms with Crippen molar-refractivity contribution in [2.75, 3.05) is 13.7 Å². The van der Waals surface area contributed by atoms with Crippen LogP contribution in [0.3, 0.4) is 0 Å². The second-order valence-corrected chi connectivity index (χ2v) is 6.69. The molecule has 2 aromatic carbocycles. The van der Waals surface area contributed by atoms with Crippen LogP contribution in [0.5, 0.6) is 5.75 Å². The first kappa shape index (κ1) is 18.0. The maximum Gasteiger partial charge on any atom is 0.224 e. The van der Waals surface area contributed by atoms with Crippen molar-refractivity contribution in [2.45, 2.75) is 31.6 Å². The number of amides is 1.